The highest BCUT2D eigenvalue weighted by Gasteiger charge is 2.17. The van der Waals surface area contributed by atoms with E-state index in [4.69, 9.17) is 0 Å². The molecule has 0 nitrogen and oxygen atoms in total. The molecule has 0 saturated heterocycles. The van der Waals surface area contributed by atoms with Gasteiger partial charge < -0.3 is 0 Å². The van der Waals surface area contributed by atoms with E-state index in [-0.39, 0.29) is 11.7 Å². The summed E-state index contributed by atoms with van der Waals surface area (Å²) >= 11 is 0. The minimum atomic E-state index is -0.0157. The van der Waals surface area contributed by atoms with Crippen LogP contribution in [-0.4, -0.2) is 0 Å². The van der Waals surface area contributed by atoms with E-state index < -0.39 is 0 Å². The molecular weight excluding hydrogens is 199 g/mol. The summed E-state index contributed by atoms with van der Waals surface area (Å²) in [7, 11) is 0. The molecule has 0 unspecified atom stereocenters. The van der Waals surface area contributed by atoms with Gasteiger partial charge in [0.1, 0.15) is 5.82 Å². The van der Waals surface area contributed by atoms with Crippen LogP contribution in [0.15, 0.2) is 18.2 Å². The minimum Gasteiger partial charge on any atom is -0.207 e. The molecule has 0 amide bonds. The molecule has 16 heavy (non-hydrogen) atoms. The Morgan fingerprint density at radius 2 is 1.81 bits per heavy atom. The van der Waals surface area contributed by atoms with Crippen molar-refractivity contribution < 1.29 is 4.39 Å². The van der Waals surface area contributed by atoms with E-state index in [1.807, 2.05) is 19.9 Å². The van der Waals surface area contributed by atoms with Crippen LogP contribution in [0.3, 0.4) is 0 Å². The van der Waals surface area contributed by atoms with E-state index >= 15 is 0 Å². The van der Waals surface area contributed by atoms with Gasteiger partial charge in [0.2, 0.25) is 0 Å². The molecule has 1 heteroatoms. The van der Waals surface area contributed by atoms with Crippen molar-refractivity contribution in [2.24, 2.45) is 0 Å². The number of rotatable bonds is 2. The van der Waals surface area contributed by atoms with Gasteiger partial charge in [-0.25, -0.2) is 4.39 Å². The summed E-state index contributed by atoms with van der Waals surface area (Å²) in [4.78, 5) is 0. The smallest absolute Gasteiger partial charge is 0.126 e. The van der Waals surface area contributed by atoms with Crippen molar-refractivity contribution in [2.75, 3.05) is 0 Å². The van der Waals surface area contributed by atoms with Gasteiger partial charge in [0.25, 0.3) is 0 Å². The van der Waals surface area contributed by atoms with Gasteiger partial charge in [-0.2, -0.15) is 0 Å². The molecule has 0 radical (unpaired) electrons. The zero-order chi connectivity index (χ0) is 11.5. The molecular formula is C15H21F. The highest BCUT2D eigenvalue weighted by atomic mass is 19.1. The standard InChI is InChI=1S/C15H21F/c1-11(2)14-9-8-13(10-15(14)16)12-6-4-3-5-7-12/h8-12H,3-7H2,1-2H3. The molecule has 1 aromatic rings. The fourth-order valence-electron chi connectivity index (χ4n) is 2.70. The third-order valence-corrected chi connectivity index (χ3v) is 3.72. The Morgan fingerprint density at radius 1 is 1.12 bits per heavy atom. The molecule has 0 atom stereocenters. The summed E-state index contributed by atoms with van der Waals surface area (Å²) in [5, 5.41) is 0. The van der Waals surface area contributed by atoms with Crippen molar-refractivity contribution in [1.82, 2.24) is 0 Å². The number of hydrogen-bond donors (Lipinski definition) is 0. The van der Waals surface area contributed by atoms with E-state index in [0.717, 1.165) is 5.56 Å². The first-order valence-electron chi connectivity index (χ1n) is 6.48. The summed E-state index contributed by atoms with van der Waals surface area (Å²) in [5.74, 6) is 0.864. The zero-order valence-electron chi connectivity index (χ0n) is 10.3. The fourth-order valence-corrected chi connectivity index (χ4v) is 2.70. The SMILES string of the molecule is CC(C)c1ccc(C2CCCCC2)cc1F. The average Bonchev–Trinajstić information content (AvgIpc) is 2.29. The quantitative estimate of drug-likeness (QED) is 0.658. The maximum Gasteiger partial charge on any atom is 0.126 e. The second-order valence-corrected chi connectivity index (χ2v) is 5.27. The van der Waals surface area contributed by atoms with E-state index in [1.165, 1.54) is 37.7 Å². The highest BCUT2D eigenvalue weighted by molar-refractivity contribution is 5.29. The molecule has 88 valence electrons. The molecule has 1 aliphatic rings. The minimum absolute atomic E-state index is 0.0157. The van der Waals surface area contributed by atoms with Crippen molar-refractivity contribution in [1.29, 1.82) is 0 Å². The monoisotopic (exact) mass is 220 g/mol. The van der Waals surface area contributed by atoms with E-state index in [2.05, 4.69) is 6.07 Å². The summed E-state index contributed by atoms with van der Waals surface area (Å²) in [5.41, 5.74) is 2.06. The second-order valence-electron chi connectivity index (χ2n) is 5.27. The molecule has 0 N–H and O–H groups in total. The molecule has 0 spiro atoms. The van der Waals surface area contributed by atoms with Crippen molar-refractivity contribution in [3.05, 3.63) is 35.1 Å². The van der Waals surface area contributed by atoms with Gasteiger partial charge in [0.05, 0.1) is 0 Å². The Balaban J connectivity index is 2.19. The van der Waals surface area contributed by atoms with Gasteiger partial charge in [-0.1, -0.05) is 45.2 Å². The van der Waals surface area contributed by atoms with Crippen molar-refractivity contribution in [3.63, 3.8) is 0 Å². The molecule has 0 bridgehead atoms. The lowest BCUT2D eigenvalue weighted by Crippen LogP contribution is -2.05. The van der Waals surface area contributed by atoms with Crippen LogP contribution < -0.4 is 0 Å². The van der Waals surface area contributed by atoms with Crippen LogP contribution in [-0.2, 0) is 0 Å². The first-order valence-corrected chi connectivity index (χ1v) is 6.48. The normalized spacial score (nSPS) is 18.0. The van der Waals surface area contributed by atoms with Crippen LogP contribution in [0, 0.1) is 5.82 Å². The Labute approximate surface area is 97.9 Å². The predicted molar refractivity (Wildman–Crippen MR) is 66.3 cm³/mol. The van der Waals surface area contributed by atoms with Gasteiger partial charge in [0.15, 0.2) is 0 Å². The van der Waals surface area contributed by atoms with Gasteiger partial charge in [-0.05, 0) is 41.9 Å². The van der Waals surface area contributed by atoms with Crippen LogP contribution in [0.1, 0.15) is 68.9 Å². The van der Waals surface area contributed by atoms with Crippen LogP contribution in [0.25, 0.3) is 0 Å². The number of benzene rings is 1. The number of hydrogen-bond acceptors (Lipinski definition) is 0. The average molecular weight is 220 g/mol. The van der Waals surface area contributed by atoms with E-state index in [0.29, 0.717) is 5.92 Å². The van der Waals surface area contributed by atoms with E-state index in [1.54, 1.807) is 6.07 Å². The lowest BCUT2D eigenvalue weighted by molar-refractivity contribution is 0.441. The highest BCUT2D eigenvalue weighted by Crippen LogP contribution is 2.33. The molecule has 0 aliphatic heterocycles. The molecule has 1 aromatic carbocycles. The van der Waals surface area contributed by atoms with Gasteiger partial charge in [0, 0.05) is 0 Å². The summed E-state index contributed by atoms with van der Waals surface area (Å²) in [6.07, 6.45) is 6.43. The molecule has 1 fully saturated rings. The lowest BCUT2D eigenvalue weighted by atomic mass is 9.83. The number of halogens is 1. The maximum atomic E-state index is 13.9. The first-order chi connectivity index (χ1) is 7.68. The fraction of sp³-hybridized carbons (Fsp3) is 0.600. The van der Waals surface area contributed by atoms with Crippen LogP contribution in [0.5, 0.6) is 0 Å². The molecule has 1 aliphatic carbocycles. The third-order valence-electron chi connectivity index (χ3n) is 3.72. The second kappa shape index (κ2) is 4.99. The topological polar surface area (TPSA) is 0 Å². The van der Waals surface area contributed by atoms with Gasteiger partial charge in [-0.15, -0.1) is 0 Å². The van der Waals surface area contributed by atoms with Gasteiger partial charge in [-0.3, -0.25) is 0 Å². The summed E-state index contributed by atoms with van der Waals surface area (Å²) in [6, 6.07) is 5.88. The van der Waals surface area contributed by atoms with Crippen molar-refractivity contribution >= 4 is 0 Å². The maximum absolute atomic E-state index is 13.9. The Bertz CT molecular complexity index is 348. The van der Waals surface area contributed by atoms with E-state index in [9.17, 15) is 4.39 Å². The van der Waals surface area contributed by atoms with Crippen molar-refractivity contribution in [2.45, 2.75) is 57.8 Å². The lowest BCUT2D eigenvalue weighted by Gasteiger charge is -2.22. The summed E-state index contributed by atoms with van der Waals surface area (Å²) in [6.45, 7) is 4.08. The Hall–Kier alpha value is -0.850. The van der Waals surface area contributed by atoms with Crippen LogP contribution >= 0.6 is 0 Å². The first kappa shape index (κ1) is 11.6. The predicted octanol–water partition coefficient (Wildman–Crippen LogP) is 5.00. The molecule has 2 rings (SSSR count). The van der Waals surface area contributed by atoms with Crippen molar-refractivity contribution in [3.8, 4) is 0 Å². The zero-order valence-corrected chi connectivity index (χ0v) is 10.3. The Kier molecular flexibility index (Phi) is 3.63. The molecule has 1 saturated carbocycles. The molecule has 0 aromatic heterocycles. The Morgan fingerprint density at radius 3 is 2.38 bits per heavy atom. The third kappa shape index (κ3) is 2.45. The van der Waals surface area contributed by atoms with Gasteiger partial charge >= 0.3 is 0 Å². The van der Waals surface area contributed by atoms with Crippen LogP contribution in [0.4, 0.5) is 4.39 Å². The van der Waals surface area contributed by atoms with Crippen LogP contribution in [0.2, 0.25) is 0 Å². The molecule has 0 heterocycles. The summed E-state index contributed by atoms with van der Waals surface area (Å²) < 4.78 is 13.9. The largest absolute Gasteiger partial charge is 0.207 e.